The van der Waals surface area contributed by atoms with Gasteiger partial charge >= 0.3 is 0 Å². The van der Waals surface area contributed by atoms with Crippen molar-refractivity contribution >= 4 is 17.2 Å². The number of benzene rings is 1. The van der Waals surface area contributed by atoms with Gasteiger partial charge in [0.25, 0.3) is 5.91 Å². The van der Waals surface area contributed by atoms with E-state index in [1.807, 2.05) is 26.0 Å². The van der Waals surface area contributed by atoms with Crippen LogP contribution in [0.3, 0.4) is 0 Å². The number of nitrogens with zero attached hydrogens (tertiary/aromatic N) is 1. The van der Waals surface area contributed by atoms with Crippen molar-refractivity contribution in [3.05, 3.63) is 51.0 Å². The maximum atomic E-state index is 12.3. The molecule has 5 heteroatoms. The number of amides is 1. The van der Waals surface area contributed by atoms with Crippen LogP contribution < -0.4 is 11.1 Å². The molecule has 1 amide bonds. The molecule has 1 aromatic heterocycles. The van der Waals surface area contributed by atoms with Gasteiger partial charge in [-0.15, -0.1) is 11.3 Å². The molecule has 0 radical (unpaired) electrons. The lowest BCUT2D eigenvalue weighted by Gasteiger charge is -2.08. The zero-order valence-corrected chi connectivity index (χ0v) is 12.9. The third-order valence-electron chi connectivity index (χ3n) is 2.97. The van der Waals surface area contributed by atoms with E-state index in [1.54, 1.807) is 23.6 Å². The number of aromatic nitrogens is 1. The van der Waals surface area contributed by atoms with Crippen molar-refractivity contribution in [2.75, 3.05) is 6.54 Å². The van der Waals surface area contributed by atoms with E-state index in [9.17, 15) is 4.79 Å². The Labute approximate surface area is 128 Å². The Morgan fingerprint density at radius 1 is 1.43 bits per heavy atom. The first-order valence-electron chi connectivity index (χ1n) is 6.60. The van der Waals surface area contributed by atoms with Gasteiger partial charge in [0.05, 0.1) is 13.1 Å². The third-order valence-corrected chi connectivity index (χ3v) is 3.89. The molecule has 2 rings (SSSR count). The standard InChI is InChI=1S/C16H17N3OS/c1-11-9-18-15(21-11)10-19-16(20)14-7-3-5-13(12(14)2)6-4-8-17/h3,5,7,9H,8,10,17H2,1-2H3,(H,19,20). The Hall–Kier alpha value is -2.16. The number of nitrogens with one attached hydrogen (secondary N) is 1. The maximum Gasteiger partial charge on any atom is 0.251 e. The molecule has 0 spiro atoms. The van der Waals surface area contributed by atoms with Crippen LogP contribution >= 0.6 is 11.3 Å². The molecule has 0 aliphatic carbocycles. The molecule has 1 heterocycles. The van der Waals surface area contributed by atoms with Crippen molar-refractivity contribution in [1.82, 2.24) is 10.3 Å². The van der Waals surface area contributed by atoms with Crippen LogP contribution in [0.4, 0.5) is 0 Å². The molecule has 0 fully saturated rings. The highest BCUT2D eigenvalue weighted by Gasteiger charge is 2.11. The Morgan fingerprint density at radius 3 is 2.90 bits per heavy atom. The molecule has 0 saturated heterocycles. The van der Waals surface area contributed by atoms with Gasteiger partial charge in [0, 0.05) is 22.2 Å². The fraction of sp³-hybridized carbons (Fsp3) is 0.250. The molecule has 0 saturated carbocycles. The van der Waals surface area contributed by atoms with Crippen LogP contribution in [0.25, 0.3) is 0 Å². The molecular weight excluding hydrogens is 282 g/mol. The second-order valence-corrected chi connectivity index (χ2v) is 5.85. The molecule has 4 nitrogen and oxygen atoms in total. The molecule has 0 atom stereocenters. The molecule has 0 aliphatic heterocycles. The first-order valence-corrected chi connectivity index (χ1v) is 7.41. The van der Waals surface area contributed by atoms with Crippen molar-refractivity contribution in [2.24, 2.45) is 5.73 Å². The van der Waals surface area contributed by atoms with E-state index >= 15 is 0 Å². The molecule has 0 unspecified atom stereocenters. The van der Waals surface area contributed by atoms with Gasteiger partial charge in [-0.1, -0.05) is 17.9 Å². The highest BCUT2D eigenvalue weighted by Crippen LogP contribution is 2.14. The van der Waals surface area contributed by atoms with E-state index in [2.05, 4.69) is 22.1 Å². The van der Waals surface area contributed by atoms with Gasteiger partial charge in [0.2, 0.25) is 0 Å². The topological polar surface area (TPSA) is 68.0 Å². The monoisotopic (exact) mass is 299 g/mol. The summed E-state index contributed by atoms with van der Waals surface area (Å²) >= 11 is 1.58. The van der Waals surface area contributed by atoms with Gasteiger partial charge in [-0.2, -0.15) is 0 Å². The van der Waals surface area contributed by atoms with Crippen molar-refractivity contribution in [3.63, 3.8) is 0 Å². The Morgan fingerprint density at radius 2 is 2.24 bits per heavy atom. The molecule has 2 aromatic rings. The predicted molar refractivity (Wildman–Crippen MR) is 85.1 cm³/mol. The maximum absolute atomic E-state index is 12.3. The average molecular weight is 299 g/mol. The molecular formula is C16H17N3OS. The minimum atomic E-state index is -0.114. The number of carbonyl (C=O) groups is 1. The highest BCUT2D eigenvalue weighted by atomic mass is 32.1. The van der Waals surface area contributed by atoms with E-state index in [1.165, 1.54) is 0 Å². The van der Waals surface area contributed by atoms with Gasteiger partial charge < -0.3 is 11.1 Å². The largest absolute Gasteiger partial charge is 0.346 e. The zero-order chi connectivity index (χ0) is 15.2. The zero-order valence-electron chi connectivity index (χ0n) is 12.1. The molecule has 0 aliphatic rings. The molecule has 0 bridgehead atoms. The van der Waals surface area contributed by atoms with Crippen molar-refractivity contribution in [3.8, 4) is 11.8 Å². The number of carbonyl (C=O) groups excluding carboxylic acids is 1. The molecule has 21 heavy (non-hydrogen) atoms. The fourth-order valence-electron chi connectivity index (χ4n) is 1.90. The molecule has 108 valence electrons. The van der Waals surface area contributed by atoms with E-state index in [-0.39, 0.29) is 5.91 Å². The molecule has 1 aromatic carbocycles. The minimum Gasteiger partial charge on any atom is -0.346 e. The van der Waals surface area contributed by atoms with Gasteiger partial charge in [0.15, 0.2) is 0 Å². The molecule has 3 N–H and O–H groups in total. The lowest BCUT2D eigenvalue weighted by Crippen LogP contribution is -2.23. The van der Waals surface area contributed by atoms with Crippen LogP contribution in [0.5, 0.6) is 0 Å². The summed E-state index contributed by atoms with van der Waals surface area (Å²) in [5.41, 5.74) is 7.71. The van der Waals surface area contributed by atoms with Crippen LogP contribution in [0.15, 0.2) is 24.4 Å². The van der Waals surface area contributed by atoms with E-state index in [4.69, 9.17) is 5.73 Å². The second kappa shape index (κ2) is 7.02. The van der Waals surface area contributed by atoms with Gasteiger partial charge in [-0.05, 0) is 31.5 Å². The van der Waals surface area contributed by atoms with E-state index < -0.39 is 0 Å². The van der Waals surface area contributed by atoms with Gasteiger partial charge in [-0.3, -0.25) is 4.79 Å². The Kier molecular flexibility index (Phi) is 5.09. The quantitative estimate of drug-likeness (QED) is 0.852. The summed E-state index contributed by atoms with van der Waals surface area (Å²) in [5, 5.41) is 3.79. The van der Waals surface area contributed by atoms with Crippen LogP contribution in [-0.2, 0) is 6.54 Å². The number of hydrogen-bond acceptors (Lipinski definition) is 4. The second-order valence-electron chi connectivity index (χ2n) is 4.53. The first-order chi connectivity index (χ1) is 10.1. The fourth-order valence-corrected chi connectivity index (χ4v) is 2.62. The Bertz CT molecular complexity index is 710. The summed E-state index contributed by atoms with van der Waals surface area (Å²) in [5.74, 6) is 5.68. The lowest BCUT2D eigenvalue weighted by atomic mass is 10.0. The number of thiazole rings is 1. The number of rotatable bonds is 3. The van der Waals surface area contributed by atoms with Crippen molar-refractivity contribution in [2.45, 2.75) is 20.4 Å². The lowest BCUT2D eigenvalue weighted by molar-refractivity contribution is 0.0950. The normalized spacial score (nSPS) is 9.86. The van der Waals surface area contributed by atoms with Crippen LogP contribution in [0, 0.1) is 25.7 Å². The van der Waals surface area contributed by atoms with Gasteiger partial charge in [-0.25, -0.2) is 4.98 Å². The Balaban J connectivity index is 2.12. The highest BCUT2D eigenvalue weighted by molar-refractivity contribution is 7.11. The van der Waals surface area contributed by atoms with Crippen LogP contribution in [-0.4, -0.2) is 17.4 Å². The number of nitrogens with two attached hydrogens (primary N) is 1. The summed E-state index contributed by atoms with van der Waals surface area (Å²) in [6.07, 6.45) is 1.81. The van der Waals surface area contributed by atoms with Crippen LogP contribution in [0.2, 0.25) is 0 Å². The number of hydrogen-bond donors (Lipinski definition) is 2. The predicted octanol–water partition coefficient (Wildman–Crippen LogP) is 2.00. The summed E-state index contributed by atoms with van der Waals surface area (Å²) in [6, 6.07) is 5.51. The smallest absolute Gasteiger partial charge is 0.251 e. The third kappa shape index (κ3) is 3.91. The SMILES string of the molecule is Cc1cnc(CNC(=O)c2cccc(C#CCN)c2C)s1. The number of aryl methyl sites for hydroxylation is 1. The summed E-state index contributed by atoms with van der Waals surface area (Å²) in [4.78, 5) is 17.6. The van der Waals surface area contributed by atoms with E-state index in [0.717, 1.165) is 21.0 Å². The first kappa shape index (κ1) is 15.2. The summed E-state index contributed by atoms with van der Waals surface area (Å²) in [6.45, 7) is 4.63. The summed E-state index contributed by atoms with van der Waals surface area (Å²) < 4.78 is 0. The minimum absolute atomic E-state index is 0.114. The summed E-state index contributed by atoms with van der Waals surface area (Å²) in [7, 11) is 0. The van der Waals surface area contributed by atoms with E-state index in [0.29, 0.717) is 18.7 Å². The van der Waals surface area contributed by atoms with Crippen molar-refractivity contribution in [1.29, 1.82) is 0 Å². The van der Waals surface area contributed by atoms with Gasteiger partial charge in [0.1, 0.15) is 5.01 Å². The van der Waals surface area contributed by atoms with Crippen LogP contribution in [0.1, 0.15) is 31.4 Å². The average Bonchev–Trinajstić information content (AvgIpc) is 2.89. The van der Waals surface area contributed by atoms with Crippen molar-refractivity contribution < 1.29 is 4.79 Å².